The summed E-state index contributed by atoms with van der Waals surface area (Å²) in [5.74, 6) is 1.60. The van der Waals surface area contributed by atoms with Crippen LogP contribution in [0.5, 0.6) is 5.88 Å². The van der Waals surface area contributed by atoms with Crippen molar-refractivity contribution in [2.45, 2.75) is 51.5 Å². The van der Waals surface area contributed by atoms with Crippen LogP contribution < -0.4 is 10.1 Å². The molecule has 1 aromatic rings. The Morgan fingerprint density at radius 1 is 1.29 bits per heavy atom. The quantitative estimate of drug-likeness (QED) is 0.743. The van der Waals surface area contributed by atoms with Crippen molar-refractivity contribution in [1.82, 2.24) is 9.88 Å². The van der Waals surface area contributed by atoms with Crippen LogP contribution in [0.1, 0.15) is 45.4 Å². The molecule has 1 aliphatic rings. The molecule has 1 aromatic heterocycles. The standard InChI is InChI=1S/C17H29N3O/c1-3-21-17-12-7-11-16(19-17)18-13-8-14-20(2)15-9-5-4-6-10-15/h7,11-12,15H,3-6,8-10,13-14H2,1-2H3,(H,18,19). The maximum absolute atomic E-state index is 5.41. The van der Waals surface area contributed by atoms with Gasteiger partial charge in [0.2, 0.25) is 5.88 Å². The highest BCUT2D eigenvalue weighted by molar-refractivity contribution is 5.36. The molecule has 1 heterocycles. The van der Waals surface area contributed by atoms with Gasteiger partial charge >= 0.3 is 0 Å². The second-order valence-electron chi connectivity index (χ2n) is 5.85. The average molecular weight is 291 g/mol. The lowest BCUT2D eigenvalue weighted by Gasteiger charge is -2.31. The minimum absolute atomic E-state index is 0.655. The number of nitrogens with zero attached hydrogens (tertiary/aromatic N) is 2. The fourth-order valence-corrected chi connectivity index (χ4v) is 2.99. The topological polar surface area (TPSA) is 37.4 Å². The number of hydrogen-bond acceptors (Lipinski definition) is 4. The molecule has 21 heavy (non-hydrogen) atoms. The molecule has 1 aliphatic carbocycles. The van der Waals surface area contributed by atoms with Crippen LogP contribution in [0.3, 0.4) is 0 Å². The number of rotatable bonds is 8. The van der Waals surface area contributed by atoms with E-state index in [4.69, 9.17) is 4.74 Å². The molecule has 4 heteroatoms. The van der Waals surface area contributed by atoms with Gasteiger partial charge in [0.1, 0.15) is 5.82 Å². The molecule has 0 bridgehead atoms. The zero-order valence-electron chi connectivity index (χ0n) is 13.5. The van der Waals surface area contributed by atoms with Crippen molar-refractivity contribution in [3.8, 4) is 5.88 Å². The Morgan fingerprint density at radius 2 is 2.10 bits per heavy atom. The van der Waals surface area contributed by atoms with Crippen molar-refractivity contribution in [2.24, 2.45) is 0 Å². The second kappa shape index (κ2) is 8.88. The molecule has 0 radical (unpaired) electrons. The number of ether oxygens (including phenoxy) is 1. The summed E-state index contributed by atoms with van der Waals surface area (Å²) >= 11 is 0. The van der Waals surface area contributed by atoms with Gasteiger partial charge in [0.25, 0.3) is 0 Å². The molecule has 0 saturated heterocycles. The molecular weight excluding hydrogens is 262 g/mol. The highest BCUT2D eigenvalue weighted by Gasteiger charge is 2.17. The zero-order valence-corrected chi connectivity index (χ0v) is 13.5. The Morgan fingerprint density at radius 3 is 2.86 bits per heavy atom. The van der Waals surface area contributed by atoms with E-state index in [-0.39, 0.29) is 0 Å². The largest absolute Gasteiger partial charge is 0.478 e. The number of aromatic nitrogens is 1. The van der Waals surface area contributed by atoms with Gasteiger partial charge in [-0.3, -0.25) is 0 Å². The zero-order chi connectivity index (χ0) is 14.9. The Bertz CT molecular complexity index is 405. The molecule has 0 aliphatic heterocycles. The Balaban J connectivity index is 1.65. The van der Waals surface area contributed by atoms with E-state index in [1.807, 2.05) is 25.1 Å². The van der Waals surface area contributed by atoms with Gasteiger partial charge in [-0.25, -0.2) is 0 Å². The van der Waals surface area contributed by atoms with Gasteiger partial charge in [0.05, 0.1) is 6.61 Å². The summed E-state index contributed by atoms with van der Waals surface area (Å²) in [5.41, 5.74) is 0. The highest BCUT2D eigenvalue weighted by Crippen LogP contribution is 2.21. The van der Waals surface area contributed by atoms with E-state index in [0.717, 1.165) is 31.4 Å². The van der Waals surface area contributed by atoms with E-state index in [1.54, 1.807) is 0 Å². The fraction of sp³-hybridized carbons (Fsp3) is 0.706. The molecule has 0 atom stereocenters. The Kier molecular flexibility index (Phi) is 6.80. The number of nitrogens with one attached hydrogen (secondary N) is 1. The van der Waals surface area contributed by atoms with Crippen LogP contribution >= 0.6 is 0 Å². The normalized spacial score (nSPS) is 16.1. The molecule has 2 rings (SSSR count). The SMILES string of the molecule is CCOc1cccc(NCCCN(C)C2CCCCC2)n1. The summed E-state index contributed by atoms with van der Waals surface area (Å²) in [6.45, 7) is 4.74. The highest BCUT2D eigenvalue weighted by atomic mass is 16.5. The van der Waals surface area contributed by atoms with Crippen molar-refractivity contribution in [3.63, 3.8) is 0 Å². The molecule has 118 valence electrons. The minimum Gasteiger partial charge on any atom is -0.478 e. The lowest BCUT2D eigenvalue weighted by atomic mass is 9.94. The summed E-state index contributed by atoms with van der Waals surface area (Å²) in [4.78, 5) is 6.95. The van der Waals surface area contributed by atoms with Crippen LogP contribution in [0.15, 0.2) is 18.2 Å². The maximum Gasteiger partial charge on any atom is 0.215 e. The summed E-state index contributed by atoms with van der Waals surface area (Å²) in [5, 5.41) is 3.38. The van der Waals surface area contributed by atoms with Gasteiger partial charge in [-0.2, -0.15) is 4.98 Å². The third kappa shape index (κ3) is 5.54. The number of anilines is 1. The summed E-state index contributed by atoms with van der Waals surface area (Å²) in [6, 6.07) is 6.67. The van der Waals surface area contributed by atoms with Crippen LogP contribution in [0.4, 0.5) is 5.82 Å². The van der Waals surface area contributed by atoms with Gasteiger partial charge in [-0.15, -0.1) is 0 Å². The van der Waals surface area contributed by atoms with Crippen LogP contribution in [0.2, 0.25) is 0 Å². The van der Waals surface area contributed by atoms with Crippen molar-refractivity contribution in [1.29, 1.82) is 0 Å². The molecular formula is C17H29N3O. The first-order chi connectivity index (χ1) is 10.3. The van der Waals surface area contributed by atoms with Crippen molar-refractivity contribution in [3.05, 3.63) is 18.2 Å². The first-order valence-electron chi connectivity index (χ1n) is 8.33. The van der Waals surface area contributed by atoms with E-state index in [9.17, 15) is 0 Å². The van der Waals surface area contributed by atoms with Gasteiger partial charge in [0, 0.05) is 18.7 Å². The first kappa shape index (κ1) is 16.1. The fourth-order valence-electron chi connectivity index (χ4n) is 2.99. The molecule has 0 spiro atoms. The lowest BCUT2D eigenvalue weighted by molar-refractivity contribution is 0.191. The van der Waals surface area contributed by atoms with Crippen LogP contribution in [0, 0.1) is 0 Å². The van der Waals surface area contributed by atoms with Crippen LogP contribution in [-0.4, -0.2) is 42.7 Å². The monoisotopic (exact) mass is 291 g/mol. The van der Waals surface area contributed by atoms with Crippen LogP contribution in [0.25, 0.3) is 0 Å². The second-order valence-corrected chi connectivity index (χ2v) is 5.85. The summed E-state index contributed by atoms with van der Waals surface area (Å²) < 4.78 is 5.41. The van der Waals surface area contributed by atoms with Crippen molar-refractivity contribution in [2.75, 3.05) is 32.1 Å². The molecule has 4 nitrogen and oxygen atoms in total. The first-order valence-corrected chi connectivity index (χ1v) is 8.33. The lowest BCUT2D eigenvalue weighted by Crippen LogP contribution is -2.34. The average Bonchev–Trinajstić information content (AvgIpc) is 2.53. The minimum atomic E-state index is 0.655. The van der Waals surface area contributed by atoms with Crippen molar-refractivity contribution >= 4 is 5.82 Å². The molecule has 0 amide bonds. The third-order valence-corrected chi connectivity index (χ3v) is 4.21. The van der Waals surface area contributed by atoms with E-state index in [2.05, 4.69) is 22.2 Å². The maximum atomic E-state index is 5.41. The van der Waals surface area contributed by atoms with Gasteiger partial charge in [-0.1, -0.05) is 25.3 Å². The van der Waals surface area contributed by atoms with E-state index < -0.39 is 0 Å². The summed E-state index contributed by atoms with van der Waals surface area (Å²) in [6.07, 6.45) is 8.13. The van der Waals surface area contributed by atoms with Gasteiger partial charge in [-0.05, 0) is 45.8 Å². The van der Waals surface area contributed by atoms with Crippen LogP contribution in [-0.2, 0) is 0 Å². The molecule has 1 saturated carbocycles. The number of hydrogen-bond donors (Lipinski definition) is 1. The van der Waals surface area contributed by atoms with Gasteiger partial charge in [0.15, 0.2) is 0 Å². The predicted molar refractivity (Wildman–Crippen MR) is 88.0 cm³/mol. The van der Waals surface area contributed by atoms with Gasteiger partial charge < -0.3 is 15.0 Å². The molecule has 1 fully saturated rings. The smallest absolute Gasteiger partial charge is 0.215 e. The van der Waals surface area contributed by atoms with Crippen molar-refractivity contribution < 1.29 is 4.74 Å². The number of pyridine rings is 1. The Labute approximate surface area is 128 Å². The molecule has 0 aromatic carbocycles. The third-order valence-electron chi connectivity index (χ3n) is 4.21. The molecule has 0 unspecified atom stereocenters. The Hall–Kier alpha value is -1.29. The van der Waals surface area contributed by atoms with E-state index >= 15 is 0 Å². The van der Waals surface area contributed by atoms with E-state index in [1.165, 1.54) is 32.1 Å². The summed E-state index contributed by atoms with van der Waals surface area (Å²) in [7, 11) is 2.27. The van der Waals surface area contributed by atoms with E-state index in [0.29, 0.717) is 12.5 Å². The predicted octanol–water partition coefficient (Wildman–Crippen LogP) is 3.55. The molecule has 1 N–H and O–H groups in total.